The van der Waals surface area contributed by atoms with E-state index in [1.807, 2.05) is 6.07 Å². The van der Waals surface area contributed by atoms with Crippen LogP contribution in [0.5, 0.6) is 0 Å². The van der Waals surface area contributed by atoms with Gasteiger partial charge in [0.15, 0.2) is 0 Å². The van der Waals surface area contributed by atoms with Crippen LogP contribution in [0.3, 0.4) is 0 Å². The molecule has 2 aromatic rings. The molecule has 0 aliphatic carbocycles. The summed E-state index contributed by atoms with van der Waals surface area (Å²) in [6.45, 7) is 2.30. The lowest BCUT2D eigenvalue weighted by atomic mass is 10.1. The number of nitrogens with zero attached hydrogens (tertiary/aromatic N) is 2. The fraction of sp³-hybridized carbons (Fsp3) is 0.316. The maximum absolute atomic E-state index is 12.5. The molecule has 1 fully saturated rings. The summed E-state index contributed by atoms with van der Waals surface area (Å²) in [5.74, 6) is -0.0816. The van der Waals surface area contributed by atoms with E-state index in [9.17, 15) is 13.2 Å². The second kappa shape index (κ2) is 8.29. The van der Waals surface area contributed by atoms with Crippen molar-refractivity contribution in [1.82, 2.24) is 4.90 Å². The second-order valence-electron chi connectivity index (χ2n) is 6.31. The molecule has 27 heavy (non-hydrogen) atoms. The summed E-state index contributed by atoms with van der Waals surface area (Å²) in [5, 5.41) is 0.505. The van der Waals surface area contributed by atoms with Gasteiger partial charge in [0.25, 0.3) is 5.91 Å². The first kappa shape index (κ1) is 19.7. The Morgan fingerprint density at radius 1 is 1.11 bits per heavy atom. The van der Waals surface area contributed by atoms with Crippen molar-refractivity contribution in [3.63, 3.8) is 0 Å². The maximum Gasteiger partial charge on any atom is 0.254 e. The van der Waals surface area contributed by atoms with Crippen molar-refractivity contribution in [2.45, 2.75) is 6.54 Å². The van der Waals surface area contributed by atoms with Crippen LogP contribution in [0.2, 0.25) is 5.02 Å². The summed E-state index contributed by atoms with van der Waals surface area (Å²) in [7, 11) is -3.52. The third-order valence-electron chi connectivity index (χ3n) is 4.37. The molecule has 1 aliphatic rings. The van der Waals surface area contributed by atoms with Gasteiger partial charge in [-0.3, -0.25) is 9.10 Å². The van der Waals surface area contributed by atoms with E-state index >= 15 is 0 Å². The molecule has 0 radical (unpaired) electrons. The largest absolute Gasteiger partial charge is 0.378 e. The zero-order valence-corrected chi connectivity index (χ0v) is 16.5. The van der Waals surface area contributed by atoms with Crippen molar-refractivity contribution in [2.24, 2.45) is 0 Å². The van der Waals surface area contributed by atoms with E-state index in [0.717, 1.165) is 6.26 Å². The Labute approximate surface area is 164 Å². The molecule has 0 N–H and O–H groups in total. The normalized spacial score (nSPS) is 14.8. The van der Waals surface area contributed by atoms with Crippen LogP contribution in [-0.4, -0.2) is 51.8 Å². The molecule has 0 saturated carbocycles. The van der Waals surface area contributed by atoms with Crippen LogP contribution in [0.1, 0.15) is 15.9 Å². The Kier molecular flexibility index (Phi) is 6.04. The minimum absolute atomic E-state index is 0.0816. The molecule has 8 heteroatoms. The average Bonchev–Trinajstić information content (AvgIpc) is 2.67. The van der Waals surface area contributed by atoms with Crippen LogP contribution in [-0.2, 0) is 21.3 Å². The first-order valence-corrected chi connectivity index (χ1v) is 10.8. The van der Waals surface area contributed by atoms with E-state index in [1.165, 1.54) is 4.31 Å². The number of carbonyl (C=O) groups excluding carboxylic acids is 1. The summed E-state index contributed by atoms with van der Waals surface area (Å²) >= 11 is 6.18. The lowest BCUT2D eigenvalue weighted by Crippen LogP contribution is -2.40. The molecule has 6 nitrogen and oxygen atoms in total. The predicted molar refractivity (Wildman–Crippen MR) is 106 cm³/mol. The van der Waals surface area contributed by atoms with Crippen molar-refractivity contribution in [1.29, 1.82) is 0 Å². The lowest BCUT2D eigenvalue weighted by molar-refractivity contribution is 0.0303. The molecule has 0 unspecified atom stereocenters. The maximum atomic E-state index is 12.5. The Morgan fingerprint density at radius 2 is 1.74 bits per heavy atom. The van der Waals surface area contributed by atoms with E-state index in [-0.39, 0.29) is 12.5 Å². The Balaban J connectivity index is 1.83. The van der Waals surface area contributed by atoms with E-state index in [2.05, 4.69) is 0 Å². The highest BCUT2D eigenvalue weighted by molar-refractivity contribution is 7.92. The number of sulfonamides is 1. The van der Waals surface area contributed by atoms with E-state index in [1.54, 1.807) is 47.4 Å². The summed E-state index contributed by atoms with van der Waals surface area (Å²) < 4.78 is 31.2. The smallest absolute Gasteiger partial charge is 0.254 e. The van der Waals surface area contributed by atoms with Gasteiger partial charge in [0, 0.05) is 23.7 Å². The standard InChI is InChI=1S/C19H21ClN2O4S/c1-27(24,25)22(14-16-4-2-3-5-18(16)20)17-8-6-15(7-9-17)19(23)21-10-12-26-13-11-21/h2-9H,10-14H2,1H3. The van der Waals surface area contributed by atoms with Crippen LogP contribution in [0, 0.1) is 0 Å². The number of anilines is 1. The number of rotatable bonds is 5. The number of benzene rings is 2. The van der Waals surface area contributed by atoms with Crippen LogP contribution in [0.15, 0.2) is 48.5 Å². The first-order valence-electron chi connectivity index (χ1n) is 8.54. The molecular weight excluding hydrogens is 388 g/mol. The van der Waals surface area contributed by atoms with Gasteiger partial charge in [-0.2, -0.15) is 0 Å². The zero-order chi connectivity index (χ0) is 19.4. The second-order valence-corrected chi connectivity index (χ2v) is 8.63. The fourth-order valence-electron chi connectivity index (χ4n) is 2.90. The molecule has 1 aliphatic heterocycles. The Bertz CT molecular complexity index is 910. The van der Waals surface area contributed by atoms with Gasteiger partial charge in [-0.05, 0) is 35.9 Å². The fourth-order valence-corrected chi connectivity index (χ4v) is 3.97. The molecule has 0 atom stereocenters. The number of amides is 1. The SMILES string of the molecule is CS(=O)(=O)N(Cc1ccccc1Cl)c1ccc(C(=O)N2CCOCC2)cc1. The molecule has 0 bridgehead atoms. The number of ether oxygens (including phenoxy) is 1. The van der Waals surface area contributed by atoms with Gasteiger partial charge < -0.3 is 9.64 Å². The van der Waals surface area contributed by atoms with Crippen molar-refractivity contribution in [3.8, 4) is 0 Å². The van der Waals surface area contributed by atoms with Gasteiger partial charge in [-0.1, -0.05) is 29.8 Å². The minimum Gasteiger partial charge on any atom is -0.378 e. The molecule has 2 aromatic carbocycles. The summed E-state index contributed by atoms with van der Waals surface area (Å²) in [6.07, 6.45) is 1.15. The number of hydrogen-bond acceptors (Lipinski definition) is 4. The van der Waals surface area contributed by atoms with Crippen molar-refractivity contribution >= 4 is 33.2 Å². The molecule has 144 valence electrons. The average molecular weight is 409 g/mol. The molecule has 0 spiro atoms. The summed E-state index contributed by atoms with van der Waals surface area (Å²) in [6, 6.07) is 13.7. The molecule has 1 saturated heterocycles. The van der Waals surface area contributed by atoms with E-state index in [4.69, 9.17) is 16.3 Å². The van der Waals surface area contributed by atoms with Crippen molar-refractivity contribution in [2.75, 3.05) is 36.9 Å². The molecule has 0 aromatic heterocycles. The highest BCUT2D eigenvalue weighted by atomic mass is 35.5. The zero-order valence-electron chi connectivity index (χ0n) is 15.0. The number of morpholine rings is 1. The van der Waals surface area contributed by atoms with Crippen molar-refractivity contribution < 1.29 is 17.9 Å². The quantitative estimate of drug-likeness (QED) is 0.763. The van der Waals surface area contributed by atoms with E-state index in [0.29, 0.717) is 48.1 Å². The van der Waals surface area contributed by atoms with Crippen LogP contribution in [0.25, 0.3) is 0 Å². The number of hydrogen-bond donors (Lipinski definition) is 0. The predicted octanol–water partition coefficient (Wildman–Crippen LogP) is 2.78. The Hall–Kier alpha value is -2.09. The van der Waals surface area contributed by atoms with E-state index < -0.39 is 10.0 Å². The van der Waals surface area contributed by atoms with Crippen LogP contribution in [0.4, 0.5) is 5.69 Å². The first-order chi connectivity index (χ1) is 12.9. The van der Waals surface area contributed by atoms with Gasteiger partial charge in [-0.15, -0.1) is 0 Å². The lowest BCUT2D eigenvalue weighted by Gasteiger charge is -2.27. The van der Waals surface area contributed by atoms with Crippen molar-refractivity contribution in [3.05, 3.63) is 64.7 Å². The summed E-state index contributed by atoms with van der Waals surface area (Å²) in [5.41, 5.74) is 1.71. The third kappa shape index (κ3) is 4.80. The topological polar surface area (TPSA) is 66.9 Å². The Morgan fingerprint density at radius 3 is 2.33 bits per heavy atom. The molecular formula is C19H21ClN2O4S. The van der Waals surface area contributed by atoms with Crippen LogP contribution >= 0.6 is 11.6 Å². The molecule has 1 amide bonds. The van der Waals surface area contributed by atoms with Gasteiger partial charge in [-0.25, -0.2) is 8.42 Å². The molecule has 3 rings (SSSR count). The van der Waals surface area contributed by atoms with Gasteiger partial charge >= 0.3 is 0 Å². The highest BCUT2D eigenvalue weighted by Gasteiger charge is 2.21. The van der Waals surface area contributed by atoms with Gasteiger partial charge in [0.05, 0.1) is 31.7 Å². The number of halogens is 1. The highest BCUT2D eigenvalue weighted by Crippen LogP contribution is 2.25. The summed E-state index contributed by atoms with van der Waals surface area (Å²) in [4.78, 5) is 14.3. The monoisotopic (exact) mass is 408 g/mol. The minimum atomic E-state index is -3.52. The van der Waals surface area contributed by atoms with Gasteiger partial charge in [0.2, 0.25) is 10.0 Å². The number of carbonyl (C=O) groups is 1. The van der Waals surface area contributed by atoms with Gasteiger partial charge in [0.1, 0.15) is 0 Å². The van der Waals surface area contributed by atoms with Crippen LogP contribution < -0.4 is 4.31 Å². The molecule has 1 heterocycles. The third-order valence-corrected chi connectivity index (χ3v) is 5.88.